The zero-order valence-electron chi connectivity index (χ0n) is 9.32. The third kappa shape index (κ3) is 2.48. The van der Waals surface area contributed by atoms with Gasteiger partial charge in [-0.25, -0.2) is 4.39 Å². The molecule has 2 rings (SSSR count). The van der Waals surface area contributed by atoms with Gasteiger partial charge in [0.25, 0.3) is 0 Å². The second-order valence-electron chi connectivity index (χ2n) is 3.93. The second kappa shape index (κ2) is 4.86. The lowest BCUT2D eigenvalue weighted by Gasteiger charge is -2.13. The lowest BCUT2D eigenvalue weighted by Crippen LogP contribution is -2.01. The number of benzene rings is 2. The highest BCUT2D eigenvalue weighted by molar-refractivity contribution is 6.31. The molecule has 3 heteroatoms. The predicted octanol–water partition coefficient (Wildman–Crippen LogP) is 3.87. The first-order valence-electron chi connectivity index (χ1n) is 5.28. The van der Waals surface area contributed by atoms with Crippen LogP contribution in [0.4, 0.5) is 4.39 Å². The zero-order valence-corrected chi connectivity index (χ0v) is 10.1. The lowest BCUT2D eigenvalue weighted by atomic mass is 10.0. The molecule has 0 bridgehead atoms. The van der Waals surface area contributed by atoms with Crippen LogP contribution in [0.5, 0.6) is 0 Å². The second-order valence-corrected chi connectivity index (χ2v) is 4.34. The molecule has 1 nitrogen and oxygen atoms in total. The Morgan fingerprint density at radius 2 is 1.88 bits per heavy atom. The van der Waals surface area contributed by atoms with E-state index in [1.54, 1.807) is 43.3 Å². The van der Waals surface area contributed by atoms with Crippen molar-refractivity contribution in [2.45, 2.75) is 13.0 Å². The van der Waals surface area contributed by atoms with E-state index in [4.69, 9.17) is 11.6 Å². The third-order valence-electron chi connectivity index (χ3n) is 2.71. The highest BCUT2D eigenvalue weighted by Gasteiger charge is 2.14. The molecule has 0 radical (unpaired) electrons. The third-order valence-corrected chi connectivity index (χ3v) is 3.06. The van der Waals surface area contributed by atoms with Gasteiger partial charge in [0, 0.05) is 10.6 Å². The molecule has 0 aliphatic heterocycles. The summed E-state index contributed by atoms with van der Waals surface area (Å²) < 4.78 is 13.4. The highest BCUT2D eigenvalue weighted by Crippen LogP contribution is 2.28. The summed E-state index contributed by atoms with van der Waals surface area (Å²) in [5, 5.41) is 10.6. The van der Waals surface area contributed by atoms with Crippen LogP contribution in [-0.2, 0) is 0 Å². The van der Waals surface area contributed by atoms with Crippen molar-refractivity contribution in [1.82, 2.24) is 0 Å². The van der Waals surface area contributed by atoms with Crippen molar-refractivity contribution >= 4 is 11.6 Å². The molecule has 2 aromatic carbocycles. The number of aryl methyl sites for hydroxylation is 1. The molecule has 17 heavy (non-hydrogen) atoms. The van der Waals surface area contributed by atoms with E-state index < -0.39 is 6.10 Å². The Hall–Kier alpha value is -1.38. The molecule has 0 aliphatic carbocycles. The molecule has 0 saturated carbocycles. The average Bonchev–Trinajstić information content (AvgIpc) is 2.32. The number of hydrogen-bond donors (Lipinski definition) is 1. The minimum Gasteiger partial charge on any atom is -0.384 e. The molecule has 88 valence electrons. The van der Waals surface area contributed by atoms with Crippen LogP contribution in [0, 0.1) is 12.7 Å². The number of aliphatic hydroxyl groups is 1. The van der Waals surface area contributed by atoms with Crippen molar-refractivity contribution in [3.8, 4) is 0 Å². The first kappa shape index (κ1) is 12.1. The quantitative estimate of drug-likeness (QED) is 0.858. The maximum atomic E-state index is 13.4. The van der Waals surface area contributed by atoms with Gasteiger partial charge in [-0.3, -0.25) is 0 Å². The summed E-state index contributed by atoms with van der Waals surface area (Å²) in [5.41, 5.74) is 1.64. The molecule has 0 saturated heterocycles. The molecule has 0 aliphatic rings. The first-order chi connectivity index (χ1) is 8.09. The molecule has 2 aromatic rings. The van der Waals surface area contributed by atoms with Gasteiger partial charge in [-0.15, -0.1) is 0 Å². The van der Waals surface area contributed by atoms with Crippen LogP contribution in [0.15, 0.2) is 42.5 Å². The largest absolute Gasteiger partial charge is 0.384 e. The van der Waals surface area contributed by atoms with Gasteiger partial charge in [0.2, 0.25) is 0 Å². The van der Waals surface area contributed by atoms with Crippen molar-refractivity contribution in [3.05, 3.63) is 70.0 Å². The molecule has 1 atom stereocenters. The van der Waals surface area contributed by atoms with Crippen LogP contribution in [-0.4, -0.2) is 5.11 Å². The van der Waals surface area contributed by atoms with Gasteiger partial charge in [-0.2, -0.15) is 0 Å². The molecule has 0 heterocycles. The van der Waals surface area contributed by atoms with E-state index in [-0.39, 0.29) is 5.82 Å². The normalized spacial score (nSPS) is 12.5. The van der Waals surface area contributed by atoms with Crippen LogP contribution >= 0.6 is 11.6 Å². The van der Waals surface area contributed by atoms with E-state index in [9.17, 15) is 9.50 Å². The van der Waals surface area contributed by atoms with Gasteiger partial charge in [-0.1, -0.05) is 41.9 Å². The molecule has 0 aromatic heterocycles. The molecule has 0 fully saturated rings. The predicted molar refractivity (Wildman–Crippen MR) is 66.7 cm³/mol. The van der Waals surface area contributed by atoms with Gasteiger partial charge in [0.1, 0.15) is 11.9 Å². The minimum atomic E-state index is -0.904. The summed E-state index contributed by atoms with van der Waals surface area (Å²) in [4.78, 5) is 0. The zero-order chi connectivity index (χ0) is 12.4. The number of hydrogen-bond acceptors (Lipinski definition) is 1. The number of halogens is 2. The maximum Gasteiger partial charge on any atom is 0.126 e. The molecule has 1 unspecified atom stereocenters. The summed E-state index contributed by atoms with van der Waals surface area (Å²) in [6, 6.07) is 11.7. The Kier molecular flexibility index (Phi) is 3.46. The minimum absolute atomic E-state index is 0.325. The summed E-state index contributed by atoms with van der Waals surface area (Å²) in [7, 11) is 0. The van der Waals surface area contributed by atoms with E-state index in [1.807, 2.05) is 0 Å². The standard InChI is InChI=1S/C14H12ClFO/c1-9-6-7-10(8-13(9)16)14(17)11-4-2-3-5-12(11)15/h2-8,14,17H,1H3. The number of aliphatic hydroxyl groups excluding tert-OH is 1. The van der Waals surface area contributed by atoms with Crippen molar-refractivity contribution < 1.29 is 9.50 Å². The summed E-state index contributed by atoms with van der Waals surface area (Å²) in [5.74, 6) is -0.325. The summed E-state index contributed by atoms with van der Waals surface area (Å²) in [6.07, 6.45) is -0.904. The average molecular weight is 251 g/mol. The molecular formula is C14H12ClFO. The van der Waals surface area contributed by atoms with Crippen molar-refractivity contribution in [2.75, 3.05) is 0 Å². The summed E-state index contributed by atoms with van der Waals surface area (Å²) in [6.45, 7) is 1.68. The fraction of sp³-hybridized carbons (Fsp3) is 0.143. The fourth-order valence-electron chi connectivity index (χ4n) is 1.66. The van der Waals surface area contributed by atoms with Crippen LogP contribution in [0.2, 0.25) is 5.02 Å². The van der Waals surface area contributed by atoms with E-state index in [0.717, 1.165) is 0 Å². The van der Waals surface area contributed by atoms with Gasteiger partial charge < -0.3 is 5.11 Å². The Morgan fingerprint density at radius 3 is 2.53 bits per heavy atom. The first-order valence-corrected chi connectivity index (χ1v) is 5.66. The van der Waals surface area contributed by atoms with Crippen molar-refractivity contribution in [3.63, 3.8) is 0 Å². The van der Waals surface area contributed by atoms with Crippen LogP contribution in [0.25, 0.3) is 0 Å². The van der Waals surface area contributed by atoms with Gasteiger partial charge in [-0.05, 0) is 30.2 Å². The highest BCUT2D eigenvalue weighted by atomic mass is 35.5. The Bertz CT molecular complexity index is 539. The van der Waals surface area contributed by atoms with Gasteiger partial charge in [0.05, 0.1) is 0 Å². The molecular weight excluding hydrogens is 239 g/mol. The van der Waals surface area contributed by atoms with E-state index in [2.05, 4.69) is 0 Å². The van der Waals surface area contributed by atoms with Gasteiger partial charge in [0.15, 0.2) is 0 Å². The van der Waals surface area contributed by atoms with Crippen molar-refractivity contribution in [2.24, 2.45) is 0 Å². The Labute approximate surface area is 104 Å². The van der Waals surface area contributed by atoms with Gasteiger partial charge >= 0.3 is 0 Å². The molecule has 0 spiro atoms. The van der Waals surface area contributed by atoms with E-state index >= 15 is 0 Å². The Morgan fingerprint density at radius 1 is 1.18 bits per heavy atom. The van der Waals surface area contributed by atoms with Crippen molar-refractivity contribution in [1.29, 1.82) is 0 Å². The fourth-order valence-corrected chi connectivity index (χ4v) is 1.89. The maximum absolute atomic E-state index is 13.4. The lowest BCUT2D eigenvalue weighted by molar-refractivity contribution is 0.220. The molecule has 1 N–H and O–H groups in total. The molecule has 0 amide bonds. The summed E-state index contributed by atoms with van der Waals surface area (Å²) >= 11 is 5.99. The Balaban J connectivity index is 2.40. The monoisotopic (exact) mass is 250 g/mol. The smallest absolute Gasteiger partial charge is 0.126 e. The number of rotatable bonds is 2. The SMILES string of the molecule is Cc1ccc(C(O)c2ccccc2Cl)cc1F. The van der Waals surface area contributed by atoms with Crippen LogP contribution < -0.4 is 0 Å². The van der Waals surface area contributed by atoms with E-state index in [1.165, 1.54) is 6.07 Å². The topological polar surface area (TPSA) is 20.2 Å². The van der Waals surface area contributed by atoms with Crippen LogP contribution in [0.3, 0.4) is 0 Å². The van der Waals surface area contributed by atoms with Crippen LogP contribution in [0.1, 0.15) is 22.8 Å². The van der Waals surface area contributed by atoms with E-state index in [0.29, 0.717) is 21.7 Å².